The third-order valence-electron chi connectivity index (χ3n) is 5.37. The van der Waals surface area contributed by atoms with Gasteiger partial charge in [0.05, 0.1) is 19.0 Å². The summed E-state index contributed by atoms with van der Waals surface area (Å²) in [5.41, 5.74) is 1.62. The van der Waals surface area contributed by atoms with Crippen LogP contribution in [0, 0.1) is 17.2 Å². The molecule has 0 saturated carbocycles. The van der Waals surface area contributed by atoms with Crippen LogP contribution in [0.3, 0.4) is 0 Å². The summed E-state index contributed by atoms with van der Waals surface area (Å²) in [6.07, 6.45) is 10.1. The number of ether oxygens (including phenoxy) is 2. The van der Waals surface area contributed by atoms with Gasteiger partial charge in [-0.15, -0.1) is 0 Å². The Morgan fingerprint density at radius 2 is 1.94 bits per heavy atom. The van der Waals surface area contributed by atoms with Gasteiger partial charge in [-0.25, -0.2) is 19.7 Å². The van der Waals surface area contributed by atoms with E-state index in [1.54, 1.807) is 18.2 Å². The average molecular weight is 480 g/mol. The molecule has 0 spiro atoms. The molecule has 1 fully saturated rings. The van der Waals surface area contributed by atoms with E-state index in [-0.39, 0.29) is 11.8 Å². The molecule has 0 unspecified atom stereocenters. The van der Waals surface area contributed by atoms with Crippen molar-refractivity contribution < 1.29 is 14.3 Å². The predicted molar refractivity (Wildman–Crippen MR) is 134 cm³/mol. The maximum Gasteiger partial charge on any atom is 0.410 e. The van der Waals surface area contributed by atoms with Crippen molar-refractivity contribution in [2.24, 2.45) is 5.92 Å². The fourth-order valence-electron chi connectivity index (χ4n) is 3.57. The lowest BCUT2D eigenvalue weighted by molar-refractivity contribution is 0.0188. The first kappa shape index (κ1) is 25.9. The second-order valence-corrected chi connectivity index (χ2v) is 9.33. The zero-order valence-electron chi connectivity index (χ0n) is 20.7. The van der Waals surface area contributed by atoms with Crippen molar-refractivity contribution in [3.05, 3.63) is 42.0 Å². The molecule has 0 radical (unpaired) electrons. The minimum Gasteiger partial charge on any atom is -0.444 e. The molecule has 2 N–H and O–H groups in total. The van der Waals surface area contributed by atoms with Gasteiger partial charge in [0.1, 0.15) is 23.3 Å². The summed E-state index contributed by atoms with van der Waals surface area (Å²) in [5.74, 6) is 1.54. The summed E-state index contributed by atoms with van der Waals surface area (Å²) < 4.78 is 10.6. The number of carbonyl (C=O) groups is 1. The first-order chi connectivity index (χ1) is 16.8. The number of anilines is 3. The minimum atomic E-state index is -0.487. The molecule has 1 saturated heterocycles. The second kappa shape index (κ2) is 12.1. The van der Waals surface area contributed by atoms with Crippen molar-refractivity contribution in [2.75, 3.05) is 44.0 Å². The fraction of sp³-hybridized carbons (Fsp3) is 0.480. The van der Waals surface area contributed by atoms with E-state index in [0.29, 0.717) is 37.3 Å². The molecule has 0 aromatic carbocycles. The normalized spacial score (nSPS) is 14.5. The van der Waals surface area contributed by atoms with E-state index in [2.05, 4.69) is 25.6 Å². The van der Waals surface area contributed by atoms with Gasteiger partial charge in [0, 0.05) is 50.3 Å². The van der Waals surface area contributed by atoms with E-state index in [0.717, 1.165) is 30.6 Å². The highest BCUT2D eigenvalue weighted by atomic mass is 16.6. The number of methoxy groups -OCH3 is 1. The topological polar surface area (TPSA) is 125 Å². The molecule has 10 heteroatoms. The summed E-state index contributed by atoms with van der Waals surface area (Å²) in [5, 5.41) is 15.6. The maximum atomic E-state index is 12.3. The molecule has 2 aromatic heterocycles. The molecule has 3 rings (SSSR count). The molecular formula is C25H33N7O3. The van der Waals surface area contributed by atoms with Crippen LogP contribution in [0.25, 0.3) is 6.08 Å². The van der Waals surface area contributed by atoms with Gasteiger partial charge >= 0.3 is 6.09 Å². The molecule has 35 heavy (non-hydrogen) atoms. The average Bonchev–Trinajstić information content (AvgIpc) is 2.83. The van der Waals surface area contributed by atoms with Gasteiger partial charge in [-0.1, -0.05) is 12.2 Å². The quantitative estimate of drug-likeness (QED) is 0.573. The smallest absolute Gasteiger partial charge is 0.410 e. The zero-order valence-corrected chi connectivity index (χ0v) is 20.7. The number of nitrogens with one attached hydrogen (secondary N) is 2. The first-order valence-electron chi connectivity index (χ1n) is 11.6. The Kier molecular flexibility index (Phi) is 8.98. The van der Waals surface area contributed by atoms with Gasteiger partial charge in [-0.2, -0.15) is 5.26 Å². The molecule has 1 aliphatic heterocycles. The lowest BCUT2D eigenvalue weighted by Gasteiger charge is -2.33. The number of piperidine rings is 1. The third-order valence-corrected chi connectivity index (χ3v) is 5.37. The lowest BCUT2D eigenvalue weighted by Crippen LogP contribution is -2.42. The van der Waals surface area contributed by atoms with Crippen molar-refractivity contribution in [1.29, 1.82) is 5.26 Å². The molecule has 1 amide bonds. The highest BCUT2D eigenvalue weighted by Crippen LogP contribution is 2.25. The van der Waals surface area contributed by atoms with E-state index < -0.39 is 5.60 Å². The number of pyridine rings is 1. The second-order valence-electron chi connectivity index (χ2n) is 9.33. The van der Waals surface area contributed by atoms with Crippen LogP contribution in [0.5, 0.6) is 0 Å². The van der Waals surface area contributed by atoms with Gasteiger partial charge in [0.25, 0.3) is 0 Å². The van der Waals surface area contributed by atoms with Crippen LogP contribution in [0.2, 0.25) is 0 Å². The van der Waals surface area contributed by atoms with E-state index in [9.17, 15) is 4.79 Å². The van der Waals surface area contributed by atoms with E-state index in [1.165, 1.54) is 12.4 Å². The van der Waals surface area contributed by atoms with Crippen molar-refractivity contribution in [2.45, 2.75) is 39.2 Å². The van der Waals surface area contributed by atoms with Crippen LogP contribution in [0.15, 0.2) is 30.7 Å². The molecule has 0 bridgehead atoms. The Bertz CT molecular complexity index is 1050. The summed E-state index contributed by atoms with van der Waals surface area (Å²) in [7, 11) is 1.65. The van der Waals surface area contributed by atoms with Crippen molar-refractivity contribution in [1.82, 2.24) is 19.9 Å². The number of aromatic nitrogens is 3. The number of carbonyl (C=O) groups excluding carboxylic acids is 1. The summed E-state index contributed by atoms with van der Waals surface area (Å²) >= 11 is 0. The molecule has 0 aliphatic carbocycles. The summed E-state index contributed by atoms with van der Waals surface area (Å²) in [6, 6.07) is 3.87. The number of amides is 1. The molecule has 10 nitrogen and oxygen atoms in total. The van der Waals surface area contributed by atoms with Crippen LogP contribution in [-0.4, -0.2) is 64.9 Å². The Labute approximate surface area is 206 Å². The van der Waals surface area contributed by atoms with Crippen molar-refractivity contribution in [3.8, 4) is 6.07 Å². The van der Waals surface area contributed by atoms with Gasteiger partial charge in [0.2, 0.25) is 0 Å². The number of nitriles is 1. The minimum absolute atomic E-state index is 0.245. The summed E-state index contributed by atoms with van der Waals surface area (Å²) in [4.78, 5) is 26.8. The van der Waals surface area contributed by atoms with Gasteiger partial charge in [-0.3, -0.25) is 0 Å². The monoisotopic (exact) mass is 479 g/mol. The standard InChI is InChI=1S/C25H33N7O3/c1-25(2,3)35-24(33)32-9-7-18(8-10-32)14-28-21-12-22(29-15-19(21)6-5-11-34-4)31-23-17-27-20(13-26)16-30-23/h5-6,12,15-18H,7-11,14H2,1-4H3,(H2,28,29,30,31). The van der Waals surface area contributed by atoms with Crippen LogP contribution in [-0.2, 0) is 9.47 Å². The van der Waals surface area contributed by atoms with Gasteiger partial charge < -0.3 is 25.0 Å². The zero-order chi connectivity index (χ0) is 25.3. The third kappa shape index (κ3) is 8.22. The van der Waals surface area contributed by atoms with Crippen molar-refractivity contribution in [3.63, 3.8) is 0 Å². The van der Waals surface area contributed by atoms with E-state index >= 15 is 0 Å². The molecule has 0 atom stereocenters. The molecule has 2 aromatic rings. The van der Waals surface area contributed by atoms with Crippen LogP contribution in [0.1, 0.15) is 44.9 Å². The van der Waals surface area contributed by atoms with Gasteiger partial charge in [0.15, 0.2) is 5.69 Å². The lowest BCUT2D eigenvalue weighted by atomic mass is 9.97. The predicted octanol–water partition coefficient (Wildman–Crippen LogP) is 4.21. The number of hydrogen-bond acceptors (Lipinski definition) is 9. The number of nitrogens with zero attached hydrogens (tertiary/aromatic N) is 5. The largest absolute Gasteiger partial charge is 0.444 e. The van der Waals surface area contributed by atoms with Crippen molar-refractivity contribution >= 4 is 29.5 Å². The Morgan fingerprint density at radius 1 is 1.20 bits per heavy atom. The Morgan fingerprint density at radius 3 is 2.57 bits per heavy atom. The maximum absolute atomic E-state index is 12.3. The SMILES string of the molecule is COCC=Cc1cnc(Nc2cnc(C#N)cn2)cc1NCC1CCN(C(=O)OC(C)(C)C)CC1. The highest BCUT2D eigenvalue weighted by Gasteiger charge is 2.26. The van der Waals surface area contributed by atoms with Crippen LogP contribution in [0.4, 0.5) is 22.1 Å². The first-order valence-corrected chi connectivity index (χ1v) is 11.6. The number of likely N-dealkylation sites (tertiary alicyclic amines) is 1. The van der Waals surface area contributed by atoms with Gasteiger partial charge in [-0.05, 0) is 39.5 Å². The summed E-state index contributed by atoms with van der Waals surface area (Å²) in [6.45, 7) is 8.28. The van der Waals surface area contributed by atoms with Crippen LogP contribution >= 0.6 is 0 Å². The Hall–Kier alpha value is -3.71. The molecule has 186 valence electrons. The molecular weight excluding hydrogens is 446 g/mol. The van der Waals surface area contributed by atoms with E-state index in [4.69, 9.17) is 14.7 Å². The van der Waals surface area contributed by atoms with E-state index in [1.807, 2.05) is 45.1 Å². The number of hydrogen-bond donors (Lipinski definition) is 2. The molecule has 3 heterocycles. The fourth-order valence-corrected chi connectivity index (χ4v) is 3.57. The Balaban J connectivity index is 1.63. The highest BCUT2D eigenvalue weighted by molar-refractivity contribution is 5.70. The molecule has 1 aliphatic rings. The van der Waals surface area contributed by atoms with Crippen LogP contribution < -0.4 is 10.6 Å². The number of rotatable bonds is 8.